The lowest BCUT2D eigenvalue weighted by atomic mass is 10.0. The Morgan fingerprint density at radius 1 is 0.944 bits per heavy atom. The van der Waals surface area contributed by atoms with Crippen molar-refractivity contribution in [1.82, 2.24) is 0 Å². The van der Waals surface area contributed by atoms with Crippen molar-refractivity contribution in [3.8, 4) is 0 Å². The van der Waals surface area contributed by atoms with E-state index in [1.54, 1.807) is 12.2 Å². The second kappa shape index (κ2) is 5.87. The highest BCUT2D eigenvalue weighted by Gasteiger charge is 2.33. The smallest absolute Gasteiger partial charge is 0.206 e. The first-order valence-electron chi connectivity index (χ1n) is 7.04. The Morgan fingerprint density at radius 2 is 1.61 bits per heavy atom. The van der Waals surface area contributed by atoms with Crippen LogP contribution in [0.4, 0.5) is 0 Å². The predicted molar refractivity (Wildman–Crippen MR) is 75.8 cm³/mol. The standard InChI is InChI=1S/C15H22O2S/c1-2-3-4-5-6-7-8-9-13-12-14-10-11-15(13)18(14,16)17/h10-12H,2-9H2,1H3. The van der Waals surface area contributed by atoms with Crippen molar-refractivity contribution in [1.29, 1.82) is 0 Å². The van der Waals surface area contributed by atoms with Crippen LogP contribution in [0.5, 0.6) is 0 Å². The molecule has 0 atom stereocenters. The van der Waals surface area contributed by atoms with E-state index in [1.165, 1.54) is 38.5 Å². The number of rotatable bonds is 8. The Bertz CT molecular complexity index is 493. The minimum atomic E-state index is -3.07. The molecule has 0 saturated carbocycles. The first-order valence-corrected chi connectivity index (χ1v) is 8.52. The summed E-state index contributed by atoms with van der Waals surface area (Å²) in [7, 11) is -3.07. The van der Waals surface area contributed by atoms with Crippen molar-refractivity contribution in [3.05, 3.63) is 33.6 Å². The van der Waals surface area contributed by atoms with Gasteiger partial charge in [-0.2, -0.15) is 0 Å². The first kappa shape index (κ1) is 13.6. The Morgan fingerprint density at radius 3 is 2.17 bits per heavy atom. The zero-order chi connectivity index (χ0) is 13.0. The summed E-state index contributed by atoms with van der Waals surface area (Å²) in [6.45, 7) is 2.23. The molecule has 0 aromatic rings. The lowest BCUT2D eigenvalue weighted by molar-refractivity contribution is 0.589. The van der Waals surface area contributed by atoms with Crippen LogP contribution in [-0.2, 0) is 9.84 Å². The van der Waals surface area contributed by atoms with Gasteiger partial charge in [0.1, 0.15) is 0 Å². The van der Waals surface area contributed by atoms with Crippen LogP contribution in [0.3, 0.4) is 0 Å². The van der Waals surface area contributed by atoms with Gasteiger partial charge in [0.2, 0.25) is 9.84 Å². The predicted octanol–water partition coefficient (Wildman–Crippen LogP) is 4.26. The van der Waals surface area contributed by atoms with Gasteiger partial charge in [-0.3, -0.25) is 0 Å². The molecule has 2 aliphatic rings. The minimum Gasteiger partial charge on any atom is -0.219 e. The van der Waals surface area contributed by atoms with Gasteiger partial charge in [-0.05, 0) is 36.6 Å². The zero-order valence-electron chi connectivity index (χ0n) is 11.1. The number of allylic oxidation sites excluding steroid dienone is 4. The average molecular weight is 266 g/mol. The molecule has 0 aromatic carbocycles. The number of hydrogen-bond donors (Lipinski definition) is 0. The van der Waals surface area contributed by atoms with Crippen LogP contribution in [0.1, 0.15) is 58.3 Å². The summed E-state index contributed by atoms with van der Waals surface area (Å²) in [6.07, 6.45) is 15.1. The van der Waals surface area contributed by atoms with Gasteiger partial charge in [-0.25, -0.2) is 8.42 Å². The molecule has 0 aromatic heterocycles. The summed E-state index contributed by atoms with van der Waals surface area (Å²) < 4.78 is 23.6. The molecular formula is C15H22O2S. The monoisotopic (exact) mass is 266 g/mol. The van der Waals surface area contributed by atoms with Gasteiger partial charge >= 0.3 is 0 Å². The van der Waals surface area contributed by atoms with Crippen LogP contribution in [0.25, 0.3) is 0 Å². The van der Waals surface area contributed by atoms with Gasteiger partial charge in [0, 0.05) is 0 Å². The number of hydrogen-bond acceptors (Lipinski definition) is 2. The van der Waals surface area contributed by atoms with Crippen LogP contribution in [0.2, 0.25) is 0 Å². The summed E-state index contributed by atoms with van der Waals surface area (Å²) in [5.41, 5.74) is 1.03. The summed E-state index contributed by atoms with van der Waals surface area (Å²) in [6, 6.07) is 0. The Balaban J connectivity index is 1.71. The Hall–Kier alpha value is -0.830. The van der Waals surface area contributed by atoms with Crippen LogP contribution in [0.15, 0.2) is 33.6 Å². The molecule has 18 heavy (non-hydrogen) atoms. The average Bonchev–Trinajstić information content (AvgIpc) is 2.76. The van der Waals surface area contributed by atoms with E-state index in [0.717, 1.165) is 18.4 Å². The van der Waals surface area contributed by atoms with Gasteiger partial charge in [-0.1, -0.05) is 45.4 Å². The van der Waals surface area contributed by atoms with Crippen molar-refractivity contribution in [2.75, 3.05) is 0 Å². The molecule has 0 unspecified atom stereocenters. The van der Waals surface area contributed by atoms with Crippen LogP contribution >= 0.6 is 0 Å². The SMILES string of the molecule is CCCCCCCCCC1=C2C=CC(=C1)S2(=O)=O. The molecule has 0 spiro atoms. The molecule has 2 heterocycles. The summed E-state index contributed by atoms with van der Waals surface area (Å²) >= 11 is 0. The number of fused-ring (bicyclic) bond motifs is 2. The molecule has 0 aliphatic carbocycles. The van der Waals surface area contributed by atoms with E-state index >= 15 is 0 Å². The van der Waals surface area contributed by atoms with Gasteiger partial charge in [-0.15, -0.1) is 0 Å². The quantitative estimate of drug-likeness (QED) is 0.615. The number of sulfone groups is 1. The van der Waals surface area contributed by atoms with Crippen LogP contribution < -0.4 is 0 Å². The van der Waals surface area contributed by atoms with E-state index in [1.807, 2.05) is 6.08 Å². The van der Waals surface area contributed by atoms with Gasteiger partial charge < -0.3 is 0 Å². The molecule has 3 heteroatoms. The van der Waals surface area contributed by atoms with E-state index in [0.29, 0.717) is 9.81 Å². The van der Waals surface area contributed by atoms with Gasteiger partial charge in [0.15, 0.2) is 0 Å². The molecular weight excluding hydrogens is 244 g/mol. The molecule has 2 nitrogen and oxygen atoms in total. The maximum absolute atomic E-state index is 11.8. The third-order valence-corrected chi connectivity index (χ3v) is 5.53. The molecule has 100 valence electrons. The van der Waals surface area contributed by atoms with E-state index in [9.17, 15) is 8.42 Å². The fourth-order valence-corrected chi connectivity index (χ4v) is 4.13. The van der Waals surface area contributed by atoms with Gasteiger partial charge in [0.25, 0.3) is 0 Å². The van der Waals surface area contributed by atoms with Crippen molar-refractivity contribution < 1.29 is 8.42 Å². The largest absolute Gasteiger partial charge is 0.219 e. The molecule has 0 N–H and O–H groups in total. The normalized spacial score (nSPS) is 19.7. The molecule has 2 bridgehead atoms. The first-order chi connectivity index (χ1) is 8.66. The molecule has 0 amide bonds. The maximum Gasteiger partial charge on any atom is 0.206 e. The lowest BCUT2D eigenvalue weighted by Crippen LogP contribution is -1.94. The fraction of sp³-hybridized carbons (Fsp3) is 0.600. The summed E-state index contributed by atoms with van der Waals surface area (Å²) in [4.78, 5) is 1.05. The molecule has 0 fully saturated rings. The lowest BCUT2D eigenvalue weighted by Gasteiger charge is -2.03. The second-order valence-electron chi connectivity index (χ2n) is 5.14. The molecule has 0 radical (unpaired) electrons. The van der Waals surface area contributed by atoms with E-state index in [4.69, 9.17) is 0 Å². The van der Waals surface area contributed by atoms with E-state index in [2.05, 4.69) is 6.92 Å². The topological polar surface area (TPSA) is 34.1 Å². The summed E-state index contributed by atoms with van der Waals surface area (Å²) in [5.74, 6) is 0. The fourth-order valence-electron chi connectivity index (χ4n) is 2.58. The van der Waals surface area contributed by atoms with E-state index in [-0.39, 0.29) is 0 Å². The van der Waals surface area contributed by atoms with Crippen molar-refractivity contribution in [2.24, 2.45) is 0 Å². The molecule has 0 saturated heterocycles. The van der Waals surface area contributed by atoms with E-state index < -0.39 is 9.84 Å². The highest BCUT2D eigenvalue weighted by Crippen LogP contribution is 2.39. The van der Waals surface area contributed by atoms with Gasteiger partial charge in [0.05, 0.1) is 9.81 Å². The maximum atomic E-state index is 11.8. The van der Waals surface area contributed by atoms with Crippen LogP contribution in [0, 0.1) is 0 Å². The third-order valence-electron chi connectivity index (χ3n) is 3.68. The Kier molecular flexibility index (Phi) is 4.44. The Labute approximate surface area is 110 Å². The van der Waals surface area contributed by atoms with Crippen molar-refractivity contribution in [3.63, 3.8) is 0 Å². The zero-order valence-corrected chi connectivity index (χ0v) is 11.9. The van der Waals surface area contributed by atoms with Crippen molar-refractivity contribution >= 4 is 9.84 Å². The highest BCUT2D eigenvalue weighted by atomic mass is 32.2. The number of unbranched alkanes of at least 4 members (excludes halogenated alkanes) is 6. The molecule has 2 rings (SSSR count). The van der Waals surface area contributed by atoms with Crippen LogP contribution in [-0.4, -0.2) is 8.42 Å². The highest BCUT2D eigenvalue weighted by molar-refractivity contribution is 8.00. The van der Waals surface area contributed by atoms with Crippen molar-refractivity contribution in [2.45, 2.75) is 58.3 Å². The minimum absolute atomic E-state index is 0.496. The second-order valence-corrected chi connectivity index (χ2v) is 7.06. The third kappa shape index (κ3) is 2.77. The summed E-state index contributed by atoms with van der Waals surface area (Å²) in [5, 5.41) is 0. The molecule has 2 aliphatic heterocycles.